The fourth-order valence-corrected chi connectivity index (χ4v) is 3.13. The topological polar surface area (TPSA) is 88.5 Å². The first-order valence-electron chi connectivity index (χ1n) is 7.15. The maximum absolute atomic E-state index is 12.0. The van der Waals surface area contributed by atoms with Crippen LogP contribution in [0, 0.1) is 6.92 Å². The Bertz CT molecular complexity index is 920. The zero-order valence-corrected chi connectivity index (χ0v) is 13.6. The molecule has 0 atom stereocenters. The number of carbonyl (C=O) groups excluding carboxylic acids is 1. The van der Waals surface area contributed by atoms with Crippen molar-refractivity contribution in [2.45, 2.75) is 6.92 Å². The van der Waals surface area contributed by atoms with Crippen molar-refractivity contribution in [2.24, 2.45) is 0 Å². The van der Waals surface area contributed by atoms with Gasteiger partial charge in [-0.05, 0) is 36.8 Å². The number of benzene rings is 2. The molecule has 0 aliphatic rings. The Morgan fingerprint density at radius 3 is 2.83 bits per heavy atom. The van der Waals surface area contributed by atoms with Crippen molar-refractivity contribution < 1.29 is 19.4 Å². The van der Waals surface area contributed by atoms with Crippen LogP contribution in [0.1, 0.15) is 15.9 Å². The normalized spacial score (nSPS) is 10.5. The molecular formula is C17H14N2O4S. The van der Waals surface area contributed by atoms with Gasteiger partial charge in [0.2, 0.25) is 0 Å². The molecule has 0 fully saturated rings. The number of carboxylic acids is 1. The summed E-state index contributed by atoms with van der Waals surface area (Å²) in [5.74, 6) is -1.35. The highest BCUT2D eigenvalue weighted by molar-refractivity contribution is 7.22. The quantitative estimate of drug-likeness (QED) is 0.742. The fraction of sp³-hybridized carbons (Fsp3) is 0.118. The molecule has 0 spiro atoms. The molecule has 0 unspecified atom stereocenters. The SMILES string of the molecule is Cc1ccc2nc(NC(=O)COc3ccccc3C(=O)O)sc2c1. The predicted molar refractivity (Wildman–Crippen MR) is 91.9 cm³/mol. The molecule has 0 aliphatic carbocycles. The maximum Gasteiger partial charge on any atom is 0.339 e. The summed E-state index contributed by atoms with van der Waals surface area (Å²) in [4.78, 5) is 27.4. The number of hydrogen-bond donors (Lipinski definition) is 2. The molecule has 0 aliphatic heterocycles. The molecule has 2 aromatic carbocycles. The van der Waals surface area contributed by atoms with E-state index in [1.54, 1.807) is 12.1 Å². The molecule has 24 heavy (non-hydrogen) atoms. The minimum atomic E-state index is -1.10. The highest BCUT2D eigenvalue weighted by Gasteiger charge is 2.13. The number of anilines is 1. The van der Waals surface area contributed by atoms with Crippen molar-refractivity contribution in [3.05, 3.63) is 53.6 Å². The number of para-hydroxylation sites is 1. The van der Waals surface area contributed by atoms with Gasteiger partial charge in [-0.3, -0.25) is 10.1 Å². The van der Waals surface area contributed by atoms with Crippen molar-refractivity contribution >= 4 is 38.6 Å². The molecular weight excluding hydrogens is 328 g/mol. The van der Waals surface area contributed by atoms with Crippen LogP contribution in [-0.2, 0) is 4.79 Å². The third-order valence-electron chi connectivity index (χ3n) is 3.27. The third-order valence-corrected chi connectivity index (χ3v) is 4.20. The van der Waals surface area contributed by atoms with Gasteiger partial charge in [0.05, 0.1) is 10.2 Å². The van der Waals surface area contributed by atoms with Gasteiger partial charge < -0.3 is 9.84 Å². The van der Waals surface area contributed by atoms with Crippen molar-refractivity contribution in [3.8, 4) is 5.75 Å². The number of nitrogens with zero attached hydrogens (tertiary/aromatic N) is 1. The van der Waals surface area contributed by atoms with Gasteiger partial charge in [0, 0.05) is 0 Å². The smallest absolute Gasteiger partial charge is 0.339 e. The van der Waals surface area contributed by atoms with Gasteiger partial charge >= 0.3 is 5.97 Å². The number of nitrogens with one attached hydrogen (secondary N) is 1. The summed E-state index contributed by atoms with van der Waals surface area (Å²) >= 11 is 1.38. The van der Waals surface area contributed by atoms with Crippen LogP contribution in [0.3, 0.4) is 0 Å². The molecule has 0 radical (unpaired) electrons. The van der Waals surface area contributed by atoms with Crippen molar-refractivity contribution in [1.82, 2.24) is 4.98 Å². The van der Waals surface area contributed by atoms with Crippen LogP contribution in [0.5, 0.6) is 5.75 Å². The second-order valence-corrected chi connectivity index (χ2v) is 6.16. The number of amides is 1. The second-order valence-electron chi connectivity index (χ2n) is 5.13. The summed E-state index contributed by atoms with van der Waals surface area (Å²) in [6.07, 6.45) is 0. The van der Waals surface area contributed by atoms with E-state index in [9.17, 15) is 9.59 Å². The number of aromatic nitrogens is 1. The van der Waals surface area contributed by atoms with Gasteiger partial charge in [0.25, 0.3) is 5.91 Å². The van der Waals surface area contributed by atoms with Crippen LogP contribution in [-0.4, -0.2) is 28.6 Å². The van der Waals surface area contributed by atoms with Gasteiger partial charge in [0.1, 0.15) is 11.3 Å². The van der Waals surface area contributed by atoms with E-state index in [2.05, 4.69) is 10.3 Å². The van der Waals surface area contributed by atoms with Crippen LogP contribution in [0.25, 0.3) is 10.2 Å². The Kier molecular flexibility index (Phi) is 4.43. The number of ether oxygens (including phenoxy) is 1. The number of fused-ring (bicyclic) bond motifs is 1. The lowest BCUT2D eigenvalue weighted by Gasteiger charge is -2.08. The average molecular weight is 342 g/mol. The lowest BCUT2D eigenvalue weighted by Crippen LogP contribution is -2.20. The van der Waals surface area contributed by atoms with Crippen molar-refractivity contribution in [1.29, 1.82) is 0 Å². The molecule has 7 heteroatoms. The minimum Gasteiger partial charge on any atom is -0.483 e. The van der Waals surface area contributed by atoms with Crippen molar-refractivity contribution in [3.63, 3.8) is 0 Å². The number of hydrogen-bond acceptors (Lipinski definition) is 5. The zero-order chi connectivity index (χ0) is 17.1. The number of rotatable bonds is 5. The Hall–Kier alpha value is -2.93. The first-order chi connectivity index (χ1) is 11.5. The lowest BCUT2D eigenvalue weighted by molar-refractivity contribution is -0.118. The van der Waals surface area contributed by atoms with E-state index in [4.69, 9.17) is 9.84 Å². The lowest BCUT2D eigenvalue weighted by atomic mass is 10.2. The molecule has 1 amide bonds. The second kappa shape index (κ2) is 6.67. The molecule has 6 nitrogen and oxygen atoms in total. The van der Waals surface area contributed by atoms with E-state index in [0.29, 0.717) is 5.13 Å². The van der Waals surface area contributed by atoms with Gasteiger partial charge in [-0.1, -0.05) is 29.5 Å². The van der Waals surface area contributed by atoms with Gasteiger partial charge in [0.15, 0.2) is 11.7 Å². The maximum atomic E-state index is 12.0. The number of carbonyl (C=O) groups is 2. The summed E-state index contributed by atoms with van der Waals surface area (Å²) in [7, 11) is 0. The Morgan fingerprint density at radius 2 is 2.04 bits per heavy atom. The van der Waals surface area contributed by atoms with Crippen LogP contribution >= 0.6 is 11.3 Å². The van der Waals surface area contributed by atoms with Gasteiger partial charge in [-0.2, -0.15) is 0 Å². The van der Waals surface area contributed by atoms with Crippen LogP contribution in [0.15, 0.2) is 42.5 Å². The molecule has 0 saturated heterocycles. The van der Waals surface area contributed by atoms with Gasteiger partial charge in [-0.25, -0.2) is 9.78 Å². The molecule has 122 valence electrons. The summed E-state index contributed by atoms with van der Waals surface area (Å²) < 4.78 is 6.30. The van der Waals surface area contributed by atoms with Crippen LogP contribution < -0.4 is 10.1 Å². The third kappa shape index (κ3) is 3.52. The van der Waals surface area contributed by atoms with E-state index in [1.807, 2.05) is 25.1 Å². The van der Waals surface area contributed by atoms with E-state index in [-0.39, 0.29) is 17.9 Å². The fourth-order valence-electron chi connectivity index (χ4n) is 2.15. The zero-order valence-electron chi connectivity index (χ0n) is 12.8. The van der Waals surface area contributed by atoms with Crippen molar-refractivity contribution in [2.75, 3.05) is 11.9 Å². The standard InChI is InChI=1S/C17H14N2O4S/c1-10-6-7-12-14(8-10)24-17(18-12)19-15(20)9-23-13-5-3-2-4-11(13)16(21)22/h2-8H,9H2,1H3,(H,21,22)(H,18,19,20). The van der Waals surface area contributed by atoms with E-state index < -0.39 is 11.9 Å². The minimum absolute atomic E-state index is 0.0146. The summed E-state index contributed by atoms with van der Waals surface area (Å²) in [5.41, 5.74) is 1.96. The highest BCUT2D eigenvalue weighted by atomic mass is 32.1. The number of aromatic carboxylic acids is 1. The first kappa shape index (κ1) is 15.9. The number of thiazole rings is 1. The number of carboxylic acid groups (broad SMARTS) is 1. The van der Waals surface area contributed by atoms with Gasteiger partial charge in [-0.15, -0.1) is 0 Å². The van der Waals surface area contributed by atoms with E-state index >= 15 is 0 Å². The van der Waals surface area contributed by atoms with E-state index in [0.717, 1.165) is 15.8 Å². The Balaban J connectivity index is 1.66. The molecule has 0 saturated carbocycles. The molecule has 1 aromatic heterocycles. The largest absolute Gasteiger partial charge is 0.483 e. The molecule has 1 heterocycles. The molecule has 3 aromatic rings. The summed E-state index contributed by atoms with van der Waals surface area (Å²) in [6, 6.07) is 12.0. The highest BCUT2D eigenvalue weighted by Crippen LogP contribution is 2.26. The monoisotopic (exact) mass is 342 g/mol. The average Bonchev–Trinajstić information content (AvgIpc) is 2.94. The molecule has 2 N–H and O–H groups in total. The van der Waals surface area contributed by atoms with Crippen LogP contribution in [0.4, 0.5) is 5.13 Å². The molecule has 0 bridgehead atoms. The Morgan fingerprint density at radius 1 is 1.25 bits per heavy atom. The Labute approximate surface area is 141 Å². The summed E-state index contributed by atoms with van der Waals surface area (Å²) in [6.45, 7) is 1.70. The van der Waals surface area contributed by atoms with E-state index in [1.165, 1.54) is 23.5 Å². The molecule has 3 rings (SSSR count). The number of aryl methyl sites for hydroxylation is 1. The first-order valence-corrected chi connectivity index (χ1v) is 7.97. The van der Waals surface area contributed by atoms with Crippen LogP contribution in [0.2, 0.25) is 0 Å². The predicted octanol–water partition coefficient (Wildman–Crippen LogP) is 3.32. The summed E-state index contributed by atoms with van der Waals surface area (Å²) in [5, 5.41) is 12.2.